The average Bonchev–Trinajstić information content (AvgIpc) is 0.899. The number of phosphoric acid groups is 2. The number of aliphatic hydroxyl groups excluding tert-OH is 2. The van der Waals surface area contributed by atoms with Gasteiger partial charge in [0.15, 0.2) is 6.10 Å². The lowest BCUT2D eigenvalue weighted by Gasteiger charge is -2.21. The van der Waals surface area contributed by atoms with Gasteiger partial charge in [-0.2, -0.15) is 0 Å². The zero-order valence-corrected chi connectivity index (χ0v) is 72.5. The molecule has 644 valence electrons. The van der Waals surface area contributed by atoms with Crippen LogP contribution in [0.25, 0.3) is 0 Å². The van der Waals surface area contributed by atoms with Gasteiger partial charge in [0, 0.05) is 19.3 Å². The van der Waals surface area contributed by atoms with E-state index in [9.17, 15) is 43.5 Å². The second kappa shape index (κ2) is 86.0. The number of ether oxygens (including phenoxy) is 3. The summed E-state index contributed by atoms with van der Waals surface area (Å²) in [5, 5.41) is 20.7. The van der Waals surface area contributed by atoms with Gasteiger partial charge in [-0.1, -0.05) is 344 Å². The Labute approximate surface area is 687 Å². The molecule has 0 bridgehead atoms. The summed E-state index contributed by atoms with van der Waals surface area (Å²) in [5.41, 5.74) is 0. The third-order valence-corrected chi connectivity index (χ3v) is 20.0. The highest BCUT2D eigenvalue weighted by Gasteiger charge is 2.29. The van der Waals surface area contributed by atoms with Gasteiger partial charge in [-0.15, -0.1) is 0 Å². The maximum Gasteiger partial charge on any atom is 0.472 e. The molecule has 16 nitrogen and oxygen atoms in total. The minimum atomic E-state index is -4.95. The molecule has 0 radical (unpaired) electrons. The van der Waals surface area contributed by atoms with Crippen molar-refractivity contribution in [1.82, 2.24) is 0 Å². The number of hydrogen-bond acceptors (Lipinski definition) is 14. The Morgan fingerprint density at radius 3 is 0.743 bits per heavy atom. The van der Waals surface area contributed by atoms with Gasteiger partial charge < -0.3 is 34.2 Å². The normalized spacial score (nSPS) is 14.7. The minimum absolute atomic E-state index is 0.0827. The Morgan fingerprint density at radius 1 is 0.257 bits per heavy atom. The molecule has 0 heterocycles. The molecule has 0 aliphatic carbocycles. The maximum absolute atomic E-state index is 13.0. The average molecular weight is 1620 g/mol. The van der Waals surface area contributed by atoms with E-state index in [0.717, 1.165) is 205 Å². The highest BCUT2D eigenvalue weighted by molar-refractivity contribution is 7.47. The standard InChI is InChI=1S/C95H158O16P2/c1-4-7-10-13-16-19-22-25-28-31-34-36-38-40-42-43-44-45-47-49-50-52-55-57-60-63-66-69-72-75-78-81-93(98)105-84-90(96)85-107-112(101,102)108-86-91(97)87-109-113(103,104)110-89-92(111-95(100)83-80-77-74-71-68-65-62-59-54-33-30-27-24-21-18-15-12-9-6-3)88-106-94(99)82-79-76-73-70-67-64-61-58-56-53-51-48-46-41-39-37-35-32-29-26-23-20-17-14-11-8-5-2/h7-8,10-11,16-21,25-30,34-37,40-42,44-46,51,53-54,59,90-92,96-97H,4-6,9,12-15,22-24,31-33,38-39,43,47-50,52,55-58,60-89H2,1-3H3,(H,101,102)(H,103,104)/b10-7-,11-8-,19-16-,20-17-,21-18-,28-25-,29-26-,30-27-,36-34-,37-35-,42-40-,45-44-,46-41-,53-51-,59-54-. The van der Waals surface area contributed by atoms with Gasteiger partial charge in [-0.25, -0.2) is 9.13 Å². The topological polar surface area (TPSA) is 231 Å². The number of aliphatic hydroxyl groups is 2. The molecule has 0 aliphatic heterocycles. The summed E-state index contributed by atoms with van der Waals surface area (Å²) in [6.07, 6.45) is 112. The van der Waals surface area contributed by atoms with E-state index in [2.05, 4.69) is 203 Å². The van der Waals surface area contributed by atoms with E-state index in [1.165, 1.54) is 77.0 Å². The van der Waals surface area contributed by atoms with Crippen molar-refractivity contribution in [2.75, 3.05) is 39.6 Å². The lowest BCUT2D eigenvalue weighted by Crippen LogP contribution is -2.30. The molecule has 0 aliphatic rings. The molecule has 0 aromatic rings. The van der Waals surface area contributed by atoms with Crippen LogP contribution in [0.15, 0.2) is 182 Å². The van der Waals surface area contributed by atoms with E-state index in [4.69, 9.17) is 32.3 Å². The van der Waals surface area contributed by atoms with E-state index >= 15 is 0 Å². The molecule has 0 aromatic heterocycles. The van der Waals surface area contributed by atoms with Gasteiger partial charge in [-0.3, -0.25) is 32.5 Å². The molecule has 4 N–H and O–H groups in total. The fourth-order valence-electron chi connectivity index (χ4n) is 11.5. The van der Waals surface area contributed by atoms with Crippen LogP contribution in [0.2, 0.25) is 0 Å². The first kappa shape index (κ1) is 108. The Morgan fingerprint density at radius 2 is 0.469 bits per heavy atom. The number of esters is 3. The fourth-order valence-corrected chi connectivity index (χ4v) is 13.1. The molecule has 5 atom stereocenters. The van der Waals surface area contributed by atoms with Crippen molar-refractivity contribution >= 4 is 33.6 Å². The number of allylic oxidation sites excluding steroid dienone is 30. The molecule has 113 heavy (non-hydrogen) atoms. The maximum atomic E-state index is 13.0. The van der Waals surface area contributed by atoms with Crippen LogP contribution >= 0.6 is 15.6 Å². The predicted octanol–water partition coefficient (Wildman–Crippen LogP) is 26.9. The number of phosphoric ester groups is 2. The zero-order chi connectivity index (χ0) is 82.2. The number of carbonyl (C=O) groups excluding carboxylic acids is 3. The molecule has 0 rings (SSSR count). The zero-order valence-electron chi connectivity index (χ0n) is 70.7. The molecule has 0 amide bonds. The lowest BCUT2D eigenvalue weighted by molar-refractivity contribution is -0.161. The van der Waals surface area contributed by atoms with E-state index in [-0.39, 0.29) is 19.3 Å². The summed E-state index contributed by atoms with van der Waals surface area (Å²) in [4.78, 5) is 58.9. The van der Waals surface area contributed by atoms with Crippen molar-refractivity contribution in [3.8, 4) is 0 Å². The van der Waals surface area contributed by atoms with Gasteiger partial charge in [-0.05, 0) is 161 Å². The number of rotatable bonds is 82. The molecular weight excluding hydrogens is 1460 g/mol. The summed E-state index contributed by atoms with van der Waals surface area (Å²) in [5.74, 6) is -1.60. The van der Waals surface area contributed by atoms with Crippen molar-refractivity contribution in [3.05, 3.63) is 182 Å². The van der Waals surface area contributed by atoms with Crippen LogP contribution in [-0.4, -0.2) is 95.9 Å². The molecule has 0 saturated heterocycles. The lowest BCUT2D eigenvalue weighted by atomic mass is 10.0. The van der Waals surface area contributed by atoms with Crippen molar-refractivity contribution in [3.63, 3.8) is 0 Å². The van der Waals surface area contributed by atoms with Gasteiger partial charge in [0.2, 0.25) is 0 Å². The molecule has 5 unspecified atom stereocenters. The van der Waals surface area contributed by atoms with Crippen LogP contribution in [-0.2, 0) is 55.8 Å². The van der Waals surface area contributed by atoms with Crippen molar-refractivity contribution < 1.29 is 75.8 Å². The molecule has 18 heteroatoms. The molecule has 0 fully saturated rings. The SMILES string of the molecule is CC/C=C\C/C=C\C/C=C\C/C=C\C/C=C\C/C=C\CCCCCCCCCCCCCCC(=O)OCC(O)COP(=O)(O)OCC(O)COP(=O)(O)OCC(COC(=O)CCCCCCCCCC/C=C\C/C=C\C/C=C\C/C=C\C/C=C\C/C=C\CC)OC(=O)CCCCCCCC/C=C\C/C=C\C/C=C\CCCCC. The first-order valence-corrected chi connectivity index (χ1v) is 47.1. The Balaban J connectivity index is 4.61. The van der Waals surface area contributed by atoms with E-state index < -0.39 is 91.5 Å². The second-order valence-electron chi connectivity index (χ2n) is 28.9. The number of hydrogen-bond donors (Lipinski definition) is 4. The van der Waals surface area contributed by atoms with Crippen LogP contribution in [0.1, 0.15) is 342 Å². The van der Waals surface area contributed by atoms with Gasteiger partial charge in [0.25, 0.3) is 0 Å². The van der Waals surface area contributed by atoms with E-state index in [1.54, 1.807) is 0 Å². The number of carbonyl (C=O) groups is 3. The molecule has 0 saturated carbocycles. The second-order valence-corrected chi connectivity index (χ2v) is 31.8. The van der Waals surface area contributed by atoms with Gasteiger partial charge in [0.05, 0.1) is 26.4 Å². The largest absolute Gasteiger partial charge is 0.472 e. The smallest absolute Gasteiger partial charge is 0.463 e. The highest BCUT2D eigenvalue weighted by Crippen LogP contribution is 2.45. The summed E-state index contributed by atoms with van der Waals surface area (Å²) >= 11 is 0. The fraction of sp³-hybridized carbons (Fsp3) is 0.653. The first-order chi connectivity index (χ1) is 55.2. The van der Waals surface area contributed by atoms with Crippen LogP contribution in [0.3, 0.4) is 0 Å². The quantitative estimate of drug-likeness (QED) is 0.0146. The third kappa shape index (κ3) is 87.3. The van der Waals surface area contributed by atoms with E-state index in [0.29, 0.717) is 19.3 Å². The molecular formula is C95H158O16P2. The highest BCUT2D eigenvalue weighted by atomic mass is 31.2. The summed E-state index contributed by atoms with van der Waals surface area (Å²) < 4.78 is 61.4. The van der Waals surface area contributed by atoms with Crippen LogP contribution in [0.5, 0.6) is 0 Å². The Bertz CT molecular complexity index is 2780. The number of unbranched alkanes of at least 4 members (excludes halogenated alkanes) is 29. The molecule has 0 spiro atoms. The minimum Gasteiger partial charge on any atom is -0.463 e. The monoisotopic (exact) mass is 1620 g/mol. The van der Waals surface area contributed by atoms with Gasteiger partial charge in [0.1, 0.15) is 25.4 Å². The van der Waals surface area contributed by atoms with Crippen molar-refractivity contribution in [2.45, 2.75) is 360 Å². The first-order valence-electron chi connectivity index (χ1n) is 44.1. The summed E-state index contributed by atoms with van der Waals surface area (Å²) in [6, 6.07) is 0. The Hall–Kier alpha value is -5.35. The van der Waals surface area contributed by atoms with Gasteiger partial charge >= 0.3 is 33.6 Å². The summed E-state index contributed by atoms with van der Waals surface area (Å²) in [6.45, 7) is 2.42. The van der Waals surface area contributed by atoms with Crippen LogP contribution in [0.4, 0.5) is 0 Å². The Kier molecular flexibility index (Phi) is 81.9. The van der Waals surface area contributed by atoms with E-state index in [1.807, 2.05) is 0 Å². The van der Waals surface area contributed by atoms with Crippen LogP contribution < -0.4 is 0 Å². The predicted molar refractivity (Wildman–Crippen MR) is 472 cm³/mol. The van der Waals surface area contributed by atoms with Crippen LogP contribution in [0, 0.1) is 0 Å². The third-order valence-electron chi connectivity index (χ3n) is 18.1. The molecule has 0 aromatic carbocycles. The van der Waals surface area contributed by atoms with Crippen molar-refractivity contribution in [2.24, 2.45) is 0 Å². The van der Waals surface area contributed by atoms with Crippen molar-refractivity contribution in [1.29, 1.82) is 0 Å². The summed E-state index contributed by atoms with van der Waals surface area (Å²) in [7, 11) is -9.82.